The number of nitrogens with two attached hydrogens (primary N) is 1. The molecule has 1 heterocycles. The third-order valence-electron chi connectivity index (χ3n) is 2.98. The van der Waals surface area contributed by atoms with Gasteiger partial charge in [-0.25, -0.2) is 4.98 Å². The number of hydrogen-bond donors (Lipinski definition) is 2. The Morgan fingerprint density at radius 1 is 1.31 bits per heavy atom. The van der Waals surface area contributed by atoms with Gasteiger partial charge in [-0.1, -0.05) is 0 Å². The van der Waals surface area contributed by atoms with E-state index < -0.39 is 0 Å². The minimum absolute atomic E-state index is 0.233. The molecule has 3 N–H and O–H groups in total. The Hall–Kier alpha value is -1.35. The summed E-state index contributed by atoms with van der Waals surface area (Å²) in [6.07, 6.45) is 1.89. The molecule has 0 saturated heterocycles. The van der Waals surface area contributed by atoms with Gasteiger partial charge < -0.3 is 10.7 Å². The number of aromatic nitrogens is 2. The van der Waals surface area contributed by atoms with E-state index in [-0.39, 0.29) is 6.04 Å². The molecule has 0 amide bonds. The van der Waals surface area contributed by atoms with Gasteiger partial charge in [-0.15, -0.1) is 0 Å². The van der Waals surface area contributed by atoms with Crippen molar-refractivity contribution in [3.05, 3.63) is 29.1 Å². The average molecular weight is 217 g/mol. The first-order valence-corrected chi connectivity index (χ1v) is 5.77. The lowest BCUT2D eigenvalue weighted by Gasteiger charge is -2.00. The number of benzene rings is 1. The number of nitrogens with one attached hydrogen (secondary N) is 1. The molecule has 1 aromatic heterocycles. The molecule has 3 nitrogen and oxygen atoms in total. The molecule has 1 unspecified atom stereocenters. The van der Waals surface area contributed by atoms with Crippen LogP contribution in [0.5, 0.6) is 0 Å². The van der Waals surface area contributed by atoms with Crippen LogP contribution in [0.15, 0.2) is 12.1 Å². The van der Waals surface area contributed by atoms with E-state index in [1.807, 2.05) is 6.92 Å². The topological polar surface area (TPSA) is 54.7 Å². The SMILES string of the molecule is Cc1cc2nc(CCC(C)N)[nH]c2cc1C. The van der Waals surface area contributed by atoms with Crippen LogP contribution < -0.4 is 5.73 Å². The second kappa shape index (κ2) is 4.26. The van der Waals surface area contributed by atoms with E-state index in [0.717, 1.165) is 29.7 Å². The van der Waals surface area contributed by atoms with E-state index in [0.29, 0.717) is 0 Å². The summed E-state index contributed by atoms with van der Waals surface area (Å²) >= 11 is 0. The zero-order valence-corrected chi connectivity index (χ0v) is 10.2. The van der Waals surface area contributed by atoms with Gasteiger partial charge in [0, 0.05) is 12.5 Å². The molecule has 0 bridgehead atoms. The Kier molecular flexibility index (Phi) is 2.97. The predicted octanol–water partition coefficient (Wildman–Crippen LogP) is 2.46. The summed E-state index contributed by atoms with van der Waals surface area (Å²) in [4.78, 5) is 7.93. The third-order valence-corrected chi connectivity index (χ3v) is 2.98. The standard InChI is InChI=1S/C13H19N3/c1-8-6-11-12(7-9(8)2)16-13(15-11)5-4-10(3)14/h6-7,10H,4-5,14H2,1-3H3,(H,15,16). The van der Waals surface area contributed by atoms with Crippen LogP contribution in [-0.4, -0.2) is 16.0 Å². The van der Waals surface area contributed by atoms with Crippen molar-refractivity contribution in [3.8, 4) is 0 Å². The molecule has 0 aliphatic carbocycles. The lowest BCUT2D eigenvalue weighted by Crippen LogP contribution is -2.15. The Morgan fingerprint density at radius 2 is 2.00 bits per heavy atom. The molecular weight excluding hydrogens is 198 g/mol. The van der Waals surface area contributed by atoms with E-state index in [1.165, 1.54) is 11.1 Å². The van der Waals surface area contributed by atoms with Crippen LogP contribution in [0.25, 0.3) is 11.0 Å². The second-order valence-corrected chi connectivity index (χ2v) is 4.65. The predicted molar refractivity (Wildman–Crippen MR) is 67.5 cm³/mol. The molecule has 2 rings (SSSR count). The molecule has 0 saturated carbocycles. The van der Waals surface area contributed by atoms with Crippen LogP contribution in [0, 0.1) is 13.8 Å². The zero-order chi connectivity index (χ0) is 11.7. The Balaban J connectivity index is 2.29. The second-order valence-electron chi connectivity index (χ2n) is 4.65. The fourth-order valence-corrected chi connectivity index (χ4v) is 1.81. The van der Waals surface area contributed by atoms with Crippen LogP contribution in [0.3, 0.4) is 0 Å². The molecule has 2 aromatic rings. The average Bonchev–Trinajstić information content (AvgIpc) is 2.58. The third kappa shape index (κ3) is 2.25. The van der Waals surface area contributed by atoms with E-state index in [9.17, 15) is 0 Å². The molecule has 0 spiro atoms. The quantitative estimate of drug-likeness (QED) is 0.829. The molecule has 0 radical (unpaired) electrons. The van der Waals surface area contributed by atoms with Gasteiger partial charge in [0.2, 0.25) is 0 Å². The number of imidazole rings is 1. The highest BCUT2D eigenvalue weighted by Crippen LogP contribution is 2.17. The largest absolute Gasteiger partial charge is 0.342 e. The van der Waals surface area contributed by atoms with Gasteiger partial charge in [-0.05, 0) is 50.5 Å². The van der Waals surface area contributed by atoms with Crippen LogP contribution in [0.4, 0.5) is 0 Å². The Bertz CT molecular complexity index is 458. The Labute approximate surface area is 96.1 Å². The lowest BCUT2D eigenvalue weighted by atomic mass is 10.1. The van der Waals surface area contributed by atoms with Gasteiger partial charge in [0.25, 0.3) is 0 Å². The first kappa shape index (κ1) is 11.1. The molecule has 16 heavy (non-hydrogen) atoms. The molecule has 86 valence electrons. The first-order chi connectivity index (χ1) is 7.56. The summed E-state index contributed by atoms with van der Waals surface area (Å²) in [5, 5.41) is 0. The lowest BCUT2D eigenvalue weighted by molar-refractivity contribution is 0.652. The summed E-state index contributed by atoms with van der Waals surface area (Å²) < 4.78 is 0. The molecule has 1 aromatic carbocycles. The number of nitrogens with zero attached hydrogens (tertiary/aromatic N) is 1. The molecule has 3 heteroatoms. The maximum Gasteiger partial charge on any atom is 0.107 e. The normalized spacial score (nSPS) is 13.2. The number of fused-ring (bicyclic) bond motifs is 1. The van der Waals surface area contributed by atoms with Crippen molar-refractivity contribution in [3.63, 3.8) is 0 Å². The molecule has 0 aliphatic rings. The summed E-state index contributed by atoms with van der Waals surface area (Å²) in [7, 11) is 0. The summed E-state index contributed by atoms with van der Waals surface area (Å²) in [5.74, 6) is 1.04. The first-order valence-electron chi connectivity index (χ1n) is 5.77. The minimum atomic E-state index is 0.233. The smallest absolute Gasteiger partial charge is 0.107 e. The maximum atomic E-state index is 5.74. The van der Waals surface area contributed by atoms with Crippen molar-refractivity contribution in [2.24, 2.45) is 5.73 Å². The van der Waals surface area contributed by atoms with Crippen molar-refractivity contribution in [2.45, 2.75) is 39.7 Å². The molecule has 0 fully saturated rings. The number of aryl methyl sites for hydroxylation is 3. The Morgan fingerprint density at radius 3 is 2.69 bits per heavy atom. The number of hydrogen-bond acceptors (Lipinski definition) is 2. The number of aromatic amines is 1. The molecular formula is C13H19N3. The van der Waals surface area contributed by atoms with Crippen LogP contribution in [-0.2, 0) is 6.42 Å². The van der Waals surface area contributed by atoms with Crippen LogP contribution in [0.1, 0.15) is 30.3 Å². The van der Waals surface area contributed by atoms with Crippen molar-refractivity contribution in [2.75, 3.05) is 0 Å². The van der Waals surface area contributed by atoms with Gasteiger partial charge >= 0.3 is 0 Å². The molecule has 0 aliphatic heterocycles. The van der Waals surface area contributed by atoms with Crippen molar-refractivity contribution < 1.29 is 0 Å². The summed E-state index contributed by atoms with van der Waals surface area (Å²) in [5.41, 5.74) is 10.5. The van der Waals surface area contributed by atoms with E-state index >= 15 is 0 Å². The van der Waals surface area contributed by atoms with Gasteiger partial charge in [0.1, 0.15) is 5.82 Å². The van der Waals surface area contributed by atoms with E-state index in [2.05, 4.69) is 35.9 Å². The van der Waals surface area contributed by atoms with Crippen molar-refractivity contribution in [1.82, 2.24) is 9.97 Å². The summed E-state index contributed by atoms with van der Waals surface area (Å²) in [6, 6.07) is 4.53. The van der Waals surface area contributed by atoms with Crippen molar-refractivity contribution >= 4 is 11.0 Å². The minimum Gasteiger partial charge on any atom is -0.342 e. The monoisotopic (exact) mass is 217 g/mol. The van der Waals surface area contributed by atoms with Gasteiger partial charge in [0.15, 0.2) is 0 Å². The number of rotatable bonds is 3. The highest BCUT2D eigenvalue weighted by molar-refractivity contribution is 5.77. The van der Waals surface area contributed by atoms with E-state index in [4.69, 9.17) is 5.73 Å². The fourth-order valence-electron chi connectivity index (χ4n) is 1.81. The van der Waals surface area contributed by atoms with Gasteiger partial charge in [0.05, 0.1) is 11.0 Å². The fraction of sp³-hybridized carbons (Fsp3) is 0.462. The van der Waals surface area contributed by atoms with Gasteiger partial charge in [-0.2, -0.15) is 0 Å². The van der Waals surface area contributed by atoms with E-state index in [1.54, 1.807) is 0 Å². The summed E-state index contributed by atoms with van der Waals surface area (Å²) in [6.45, 7) is 6.26. The highest BCUT2D eigenvalue weighted by atomic mass is 14.9. The van der Waals surface area contributed by atoms with Crippen LogP contribution >= 0.6 is 0 Å². The number of H-pyrrole nitrogens is 1. The van der Waals surface area contributed by atoms with Crippen molar-refractivity contribution in [1.29, 1.82) is 0 Å². The van der Waals surface area contributed by atoms with Crippen LogP contribution in [0.2, 0.25) is 0 Å². The van der Waals surface area contributed by atoms with Gasteiger partial charge in [-0.3, -0.25) is 0 Å². The molecule has 1 atom stereocenters. The maximum absolute atomic E-state index is 5.74. The zero-order valence-electron chi connectivity index (χ0n) is 10.2. The highest BCUT2D eigenvalue weighted by Gasteiger charge is 2.05.